The molecule has 2 nitrogen and oxygen atoms in total. The number of hydrogen-bond acceptors (Lipinski definition) is 2. The van der Waals surface area contributed by atoms with Crippen molar-refractivity contribution in [3.63, 3.8) is 0 Å². The Hall–Kier alpha value is -0.600. The normalized spacial score (nSPS) is 39.7. The first-order chi connectivity index (χ1) is 13.6. The molecule has 0 spiro atoms. The monoisotopic (exact) mass is 402 g/mol. The van der Waals surface area contributed by atoms with E-state index >= 15 is 0 Å². The molecule has 3 aliphatic rings. The molecule has 6 atom stereocenters. The van der Waals surface area contributed by atoms with Gasteiger partial charge >= 0.3 is 0 Å². The first-order valence-corrected chi connectivity index (χ1v) is 12.4. The Morgan fingerprint density at radius 1 is 1.17 bits per heavy atom. The van der Waals surface area contributed by atoms with E-state index in [1.807, 2.05) is 13.8 Å². The molecule has 2 N–H and O–H groups in total. The van der Waals surface area contributed by atoms with Crippen molar-refractivity contribution in [3.8, 4) is 0 Å². The summed E-state index contributed by atoms with van der Waals surface area (Å²) in [7, 11) is 0. The van der Waals surface area contributed by atoms with Crippen LogP contribution in [0.2, 0.25) is 0 Å². The first-order valence-electron chi connectivity index (χ1n) is 12.4. The summed E-state index contributed by atoms with van der Waals surface area (Å²) in [6.45, 7) is 11.1. The molecular formula is C27H46O2. The maximum atomic E-state index is 10.2. The van der Waals surface area contributed by atoms with E-state index in [0.717, 1.165) is 49.9 Å². The summed E-state index contributed by atoms with van der Waals surface area (Å²) < 4.78 is 0. The first kappa shape index (κ1) is 23.1. The van der Waals surface area contributed by atoms with E-state index in [1.54, 1.807) is 5.57 Å². The Kier molecular flexibility index (Phi) is 7.37. The summed E-state index contributed by atoms with van der Waals surface area (Å²) in [6, 6.07) is 0. The topological polar surface area (TPSA) is 40.5 Å². The second kappa shape index (κ2) is 9.27. The van der Waals surface area contributed by atoms with Gasteiger partial charge in [0.2, 0.25) is 0 Å². The lowest BCUT2D eigenvalue weighted by Gasteiger charge is -2.44. The molecule has 166 valence electrons. The molecule has 0 radical (unpaired) electrons. The van der Waals surface area contributed by atoms with Gasteiger partial charge in [-0.25, -0.2) is 0 Å². The summed E-state index contributed by atoms with van der Waals surface area (Å²) in [5, 5.41) is 20.3. The highest BCUT2D eigenvalue weighted by Gasteiger charge is 2.50. The highest BCUT2D eigenvalue weighted by molar-refractivity contribution is 5.26. The lowest BCUT2D eigenvalue weighted by atomic mass is 9.60. The molecule has 3 aliphatic carbocycles. The molecule has 0 aromatic carbocycles. The Labute approximate surface area is 179 Å². The minimum atomic E-state index is -0.527. The van der Waals surface area contributed by atoms with Gasteiger partial charge < -0.3 is 10.2 Å². The molecule has 0 heterocycles. The van der Waals surface area contributed by atoms with Crippen LogP contribution in [0.3, 0.4) is 0 Å². The summed E-state index contributed by atoms with van der Waals surface area (Å²) >= 11 is 0. The maximum Gasteiger partial charge on any atom is 0.0603 e. The van der Waals surface area contributed by atoms with Gasteiger partial charge in [-0.15, -0.1) is 0 Å². The zero-order valence-electron chi connectivity index (χ0n) is 19.7. The molecule has 0 aromatic rings. The number of aliphatic hydroxyl groups is 2. The fourth-order valence-corrected chi connectivity index (χ4v) is 6.83. The van der Waals surface area contributed by atoms with Crippen molar-refractivity contribution >= 4 is 0 Å². The molecule has 0 saturated heterocycles. The third-order valence-electron chi connectivity index (χ3n) is 8.75. The summed E-state index contributed by atoms with van der Waals surface area (Å²) in [5.74, 6) is 2.77. The van der Waals surface area contributed by atoms with Crippen LogP contribution < -0.4 is 0 Å². The fraction of sp³-hybridized carbons (Fsp3) is 0.852. The zero-order valence-corrected chi connectivity index (χ0v) is 19.7. The van der Waals surface area contributed by atoms with Gasteiger partial charge in [-0.2, -0.15) is 0 Å². The second-order valence-electron chi connectivity index (χ2n) is 11.6. The molecule has 0 aromatic heterocycles. The number of rotatable bonds is 6. The van der Waals surface area contributed by atoms with Crippen LogP contribution in [0.15, 0.2) is 23.3 Å². The number of aliphatic hydroxyl groups excluding tert-OH is 1. The van der Waals surface area contributed by atoms with Crippen LogP contribution in [0.4, 0.5) is 0 Å². The molecule has 0 unspecified atom stereocenters. The van der Waals surface area contributed by atoms with Crippen molar-refractivity contribution in [2.75, 3.05) is 0 Å². The van der Waals surface area contributed by atoms with Crippen molar-refractivity contribution < 1.29 is 10.2 Å². The Balaban J connectivity index is 1.65. The van der Waals surface area contributed by atoms with E-state index in [1.165, 1.54) is 44.1 Å². The molecule has 2 heteroatoms. The van der Waals surface area contributed by atoms with Crippen molar-refractivity contribution in [3.05, 3.63) is 23.3 Å². The maximum absolute atomic E-state index is 10.2. The van der Waals surface area contributed by atoms with E-state index < -0.39 is 5.60 Å². The van der Waals surface area contributed by atoms with Crippen molar-refractivity contribution in [1.82, 2.24) is 0 Å². The highest BCUT2D eigenvalue weighted by Crippen LogP contribution is 2.59. The predicted molar refractivity (Wildman–Crippen MR) is 123 cm³/mol. The summed E-state index contributed by atoms with van der Waals surface area (Å²) in [6.07, 6.45) is 17.8. The zero-order chi connectivity index (χ0) is 21.2. The predicted octanol–water partition coefficient (Wildman–Crippen LogP) is 6.81. The molecule has 0 bridgehead atoms. The minimum Gasteiger partial charge on any atom is -0.393 e. The SMILES string of the molecule is C[C@@H]1CC/C(=C\C=C2/CCC[C@@]3(C)[C@@H]2CC[C@@H]3[C@H](C)CCCC(C)(C)O)C[C@H]1O. The quantitative estimate of drug-likeness (QED) is 0.512. The average molecular weight is 403 g/mol. The lowest BCUT2D eigenvalue weighted by molar-refractivity contribution is 0.0596. The fourth-order valence-electron chi connectivity index (χ4n) is 6.83. The molecule has 3 saturated carbocycles. The number of hydrogen-bond donors (Lipinski definition) is 2. The lowest BCUT2D eigenvalue weighted by Crippen LogP contribution is -2.36. The van der Waals surface area contributed by atoms with Crippen LogP contribution in [0.1, 0.15) is 105 Å². The van der Waals surface area contributed by atoms with Crippen LogP contribution in [0.5, 0.6) is 0 Å². The van der Waals surface area contributed by atoms with Crippen LogP contribution in [-0.2, 0) is 0 Å². The van der Waals surface area contributed by atoms with E-state index in [0.29, 0.717) is 11.3 Å². The smallest absolute Gasteiger partial charge is 0.0603 e. The third-order valence-corrected chi connectivity index (χ3v) is 8.75. The number of allylic oxidation sites excluding steroid dienone is 3. The second-order valence-corrected chi connectivity index (χ2v) is 11.6. The van der Waals surface area contributed by atoms with E-state index in [2.05, 4.69) is 32.9 Å². The molecule has 0 amide bonds. The van der Waals surface area contributed by atoms with Crippen LogP contribution >= 0.6 is 0 Å². The molecule has 0 aliphatic heterocycles. The van der Waals surface area contributed by atoms with Crippen molar-refractivity contribution in [2.24, 2.45) is 29.1 Å². The van der Waals surface area contributed by atoms with E-state index in [4.69, 9.17) is 0 Å². The summed E-state index contributed by atoms with van der Waals surface area (Å²) in [4.78, 5) is 0. The van der Waals surface area contributed by atoms with Crippen LogP contribution in [-0.4, -0.2) is 21.9 Å². The minimum absolute atomic E-state index is 0.148. The largest absolute Gasteiger partial charge is 0.393 e. The van der Waals surface area contributed by atoms with Crippen LogP contribution in [0, 0.1) is 29.1 Å². The van der Waals surface area contributed by atoms with Gasteiger partial charge in [0.1, 0.15) is 0 Å². The van der Waals surface area contributed by atoms with Crippen LogP contribution in [0.25, 0.3) is 0 Å². The number of fused-ring (bicyclic) bond motifs is 1. The van der Waals surface area contributed by atoms with Gasteiger partial charge in [0.25, 0.3) is 0 Å². The van der Waals surface area contributed by atoms with Crippen molar-refractivity contribution in [2.45, 2.75) is 117 Å². The van der Waals surface area contributed by atoms with Gasteiger partial charge in [-0.1, -0.05) is 56.9 Å². The summed E-state index contributed by atoms with van der Waals surface area (Å²) in [5.41, 5.74) is 3.06. The molecule has 3 rings (SSSR count). The van der Waals surface area contributed by atoms with Gasteiger partial charge in [-0.3, -0.25) is 0 Å². The van der Waals surface area contributed by atoms with Gasteiger partial charge in [0.15, 0.2) is 0 Å². The highest BCUT2D eigenvalue weighted by atomic mass is 16.3. The average Bonchev–Trinajstić information content (AvgIpc) is 2.99. The molecular weight excluding hydrogens is 356 g/mol. The van der Waals surface area contributed by atoms with Gasteiger partial charge in [0.05, 0.1) is 11.7 Å². The van der Waals surface area contributed by atoms with E-state index in [9.17, 15) is 10.2 Å². The Morgan fingerprint density at radius 3 is 2.62 bits per heavy atom. The van der Waals surface area contributed by atoms with E-state index in [-0.39, 0.29) is 6.10 Å². The Bertz CT molecular complexity index is 611. The molecule has 3 fully saturated rings. The molecule has 29 heavy (non-hydrogen) atoms. The Morgan fingerprint density at radius 2 is 1.93 bits per heavy atom. The van der Waals surface area contributed by atoms with Gasteiger partial charge in [0, 0.05) is 0 Å². The third kappa shape index (κ3) is 5.56. The van der Waals surface area contributed by atoms with Crippen molar-refractivity contribution in [1.29, 1.82) is 0 Å². The standard InChI is InChI=1S/C27H46O2/c1-19(8-6-16-26(3,4)29)23-14-15-24-22(9-7-17-27(23,24)5)13-12-21-11-10-20(2)25(28)18-21/h12-13,19-20,23-25,28-29H,6-11,14-18H2,1-5H3/b21-12+,22-13+/t19-,20-,23-,24-,25-,27-/m1/s1. The van der Waals surface area contributed by atoms with Gasteiger partial charge in [-0.05, 0) is 101 Å².